The lowest BCUT2D eigenvalue weighted by molar-refractivity contribution is -0.385. The summed E-state index contributed by atoms with van der Waals surface area (Å²) in [6, 6.07) is 14.0. The molecule has 3 aromatic carbocycles. The van der Waals surface area contributed by atoms with Crippen molar-refractivity contribution in [3.63, 3.8) is 0 Å². The maximum Gasteiger partial charge on any atom is 0.311 e. The number of carbonyl (C=O) groups excluding carboxylic acids is 1. The number of nitrogens with zero attached hydrogens (tertiary/aromatic N) is 3. The molecule has 0 spiro atoms. The van der Waals surface area contributed by atoms with Gasteiger partial charge in [0.25, 0.3) is 0 Å². The van der Waals surface area contributed by atoms with Gasteiger partial charge in [0.1, 0.15) is 29.5 Å². The number of benzene rings is 3. The van der Waals surface area contributed by atoms with Gasteiger partial charge in [-0.3, -0.25) is 14.9 Å². The third-order valence-electron chi connectivity index (χ3n) is 5.34. The van der Waals surface area contributed by atoms with Gasteiger partial charge in [-0.1, -0.05) is 12.1 Å². The van der Waals surface area contributed by atoms with Crippen molar-refractivity contribution in [1.29, 1.82) is 0 Å². The van der Waals surface area contributed by atoms with E-state index in [0.29, 0.717) is 16.7 Å². The first-order valence-corrected chi connectivity index (χ1v) is 11.6. The molecule has 0 atom stereocenters. The van der Waals surface area contributed by atoms with Gasteiger partial charge in [0.05, 0.1) is 35.0 Å². The average Bonchev–Trinajstić information content (AvgIpc) is 2.84. The Labute approximate surface area is 218 Å². The Morgan fingerprint density at radius 2 is 1.84 bits per heavy atom. The zero-order valence-corrected chi connectivity index (χ0v) is 21.2. The van der Waals surface area contributed by atoms with E-state index in [9.17, 15) is 14.9 Å². The van der Waals surface area contributed by atoms with Crippen LogP contribution in [-0.2, 0) is 11.2 Å². The second kappa shape index (κ2) is 10.7. The number of ether oxygens (including phenoxy) is 2. The van der Waals surface area contributed by atoms with E-state index in [4.69, 9.17) is 9.47 Å². The van der Waals surface area contributed by atoms with E-state index in [0.717, 1.165) is 5.56 Å². The molecule has 0 aliphatic carbocycles. The van der Waals surface area contributed by atoms with Gasteiger partial charge in [0, 0.05) is 23.7 Å². The Hall–Kier alpha value is -4.80. The molecule has 4 rings (SSSR count). The number of anilines is 2. The first-order chi connectivity index (χ1) is 18.0. The number of halogens is 1. The maximum absolute atomic E-state index is 15.0. The van der Waals surface area contributed by atoms with Gasteiger partial charge in [-0.2, -0.15) is 0 Å². The largest absolute Gasteiger partial charge is 0.490 e. The summed E-state index contributed by atoms with van der Waals surface area (Å²) in [6.45, 7) is 5.73. The summed E-state index contributed by atoms with van der Waals surface area (Å²) in [5, 5.41) is 17.5. The van der Waals surface area contributed by atoms with E-state index in [2.05, 4.69) is 20.6 Å². The van der Waals surface area contributed by atoms with Gasteiger partial charge in [-0.25, -0.2) is 14.4 Å². The number of nitro groups is 1. The Kier molecular flexibility index (Phi) is 7.38. The normalized spacial score (nSPS) is 11.2. The van der Waals surface area contributed by atoms with Crippen molar-refractivity contribution < 1.29 is 23.6 Å². The van der Waals surface area contributed by atoms with Crippen molar-refractivity contribution in [1.82, 2.24) is 15.3 Å². The number of nitrogens with one attached hydrogen (secondary N) is 2. The number of rotatable bonds is 8. The lowest BCUT2D eigenvalue weighted by Gasteiger charge is -2.20. The molecule has 1 aromatic heterocycles. The summed E-state index contributed by atoms with van der Waals surface area (Å²) in [4.78, 5) is 31.4. The number of amides is 1. The lowest BCUT2D eigenvalue weighted by Crippen LogP contribution is -2.41. The van der Waals surface area contributed by atoms with Crippen LogP contribution in [0, 0.1) is 15.9 Å². The number of methoxy groups -OCH3 is 1. The molecule has 2 N–H and O–H groups in total. The maximum atomic E-state index is 15.0. The molecular formula is C27H26FN5O5. The summed E-state index contributed by atoms with van der Waals surface area (Å²) < 4.78 is 25.9. The van der Waals surface area contributed by atoms with Crippen LogP contribution in [0.4, 0.5) is 21.6 Å². The minimum atomic E-state index is -0.627. The van der Waals surface area contributed by atoms with Crippen LogP contribution < -0.4 is 20.1 Å². The van der Waals surface area contributed by atoms with Crippen LogP contribution in [0.1, 0.15) is 26.3 Å². The van der Waals surface area contributed by atoms with Crippen LogP contribution in [0.25, 0.3) is 10.9 Å². The van der Waals surface area contributed by atoms with Gasteiger partial charge >= 0.3 is 5.69 Å². The van der Waals surface area contributed by atoms with Crippen molar-refractivity contribution in [2.75, 3.05) is 12.4 Å². The molecule has 0 saturated carbocycles. The second-order valence-electron chi connectivity index (χ2n) is 9.51. The van der Waals surface area contributed by atoms with E-state index in [1.165, 1.54) is 37.7 Å². The van der Waals surface area contributed by atoms with Crippen LogP contribution >= 0.6 is 0 Å². The number of hydrogen-bond acceptors (Lipinski definition) is 8. The van der Waals surface area contributed by atoms with E-state index >= 15 is 4.39 Å². The second-order valence-corrected chi connectivity index (χ2v) is 9.51. The SMILES string of the molecule is COc1cc2ncnc(Nc3ccc(Oc4cccc(CC(=O)NC(C)(C)C)c4)cc3F)c2cc1[N+](=O)[O-]. The molecule has 10 nitrogen and oxygen atoms in total. The highest BCUT2D eigenvalue weighted by atomic mass is 19.1. The molecule has 0 aliphatic heterocycles. The zero-order chi connectivity index (χ0) is 27.4. The number of hydrogen-bond donors (Lipinski definition) is 2. The summed E-state index contributed by atoms with van der Waals surface area (Å²) in [5.41, 5.74) is 0.632. The van der Waals surface area contributed by atoms with Crippen molar-refractivity contribution in [3.8, 4) is 17.2 Å². The van der Waals surface area contributed by atoms with Gasteiger partial charge in [-0.05, 0) is 50.6 Å². The molecule has 1 heterocycles. The molecule has 0 bridgehead atoms. The smallest absolute Gasteiger partial charge is 0.311 e. The Morgan fingerprint density at radius 1 is 1.08 bits per heavy atom. The third-order valence-corrected chi connectivity index (χ3v) is 5.34. The molecule has 38 heavy (non-hydrogen) atoms. The van der Waals surface area contributed by atoms with E-state index in [-0.39, 0.29) is 46.6 Å². The lowest BCUT2D eigenvalue weighted by atomic mass is 10.1. The molecule has 0 fully saturated rings. The van der Waals surface area contributed by atoms with Crippen molar-refractivity contribution >= 4 is 34.0 Å². The molecule has 0 unspecified atom stereocenters. The molecule has 1 amide bonds. The summed E-state index contributed by atoms with van der Waals surface area (Å²) in [7, 11) is 1.33. The van der Waals surface area contributed by atoms with Crippen LogP contribution in [-0.4, -0.2) is 33.4 Å². The van der Waals surface area contributed by atoms with Gasteiger partial charge in [-0.15, -0.1) is 0 Å². The van der Waals surface area contributed by atoms with Gasteiger partial charge in [0.2, 0.25) is 5.91 Å². The number of carbonyl (C=O) groups is 1. The molecule has 196 valence electrons. The summed E-state index contributed by atoms with van der Waals surface area (Å²) in [5.74, 6) is 0.204. The fraction of sp³-hybridized carbons (Fsp3) is 0.222. The average molecular weight is 520 g/mol. The van der Waals surface area contributed by atoms with Crippen LogP contribution in [0.2, 0.25) is 0 Å². The minimum Gasteiger partial charge on any atom is -0.490 e. The van der Waals surface area contributed by atoms with E-state index in [1.807, 2.05) is 26.8 Å². The topological polar surface area (TPSA) is 129 Å². The molecule has 0 aliphatic rings. The predicted molar refractivity (Wildman–Crippen MR) is 141 cm³/mol. The number of nitro benzene ring substituents is 1. The highest BCUT2D eigenvalue weighted by Gasteiger charge is 2.19. The molecule has 0 radical (unpaired) electrons. The summed E-state index contributed by atoms with van der Waals surface area (Å²) in [6.07, 6.45) is 1.45. The zero-order valence-electron chi connectivity index (χ0n) is 21.2. The summed E-state index contributed by atoms with van der Waals surface area (Å²) >= 11 is 0. The van der Waals surface area contributed by atoms with Crippen LogP contribution in [0.3, 0.4) is 0 Å². The highest BCUT2D eigenvalue weighted by molar-refractivity contribution is 5.93. The number of aromatic nitrogens is 2. The Morgan fingerprint density at radius 3 is 2.53 bits per heavy atom. The first kappa shape index (κ1) is 26.3. The van der Waals surface area contributed by atoms with E-state index in [1.54, 1.807) is 24.3 Å². The van der Waals surface area contributed by atoms with Crippen LogP contribution in [0.15, 0.2) is 60.9 Å². The fourth-order valence-corrected chi connectivity index (χ4v) is 3.77. The molecular weight excluding hydrogens is 493 g/mol. The molecule has 4 aromatic rings. The Bertz CT molecular complexity index is 1520. The number of fused-ring (bicyclic) bond motifs is 1. The van der Waals surface area contributed by atoms with Crippen molar-refractivity contribution in [2.45, 2.75) is 32.7 Å². The van der Waals surface area contributed by atoms with Crippen molar-refractivity contribution in [2.24, 2.45) is 0 Å². The minimum absolute atomic E-state index is 0.0544. The van der Waals surface area contributed by atoms with Gasteiger partial charge < -0.3 is 20.1 Å². The van der Waals surface area contributed by atoms with Gasteiger partial charge in [0.15, 0.2) is 5.75 Å². The molecule has 0 saturated heterocycles. The van der Waals surface area contributed by atoms with E-state index < -0.39 is 10.7 Å². The Balaban J connectivity index is 1.53. The fourth-order valence-electron chi connectivity index (χ4n) is 3.77. The highest BCUT2D eigenvalue weighted by Crippen LogP contribution is 2.35. The third kappa shape index (κ3) is 6.30. The van der Waals surface area contributed by atoms with Crippen LogP contribution in [0.5, 0.6) is 17.2 Å². The standard InChI is InChI=1S/C27H26FN5O5/c1-27(2,3)32-25(34)11-16-6-5-7-17(10-16)38-18-8-9-21(20(28)12-18)31-26-19-13-23(33(35)36)24(37-4)14-22(19)29-15-30-26/h5-10,12-15H,11H2,1-4H3,(H,32,34)(H,29,30,31). The molecule has 11 heteroatoms. The first-order valence-electron chi connectivity index (χ1n) is 11.6. The monoisotopic (exact) mass is 519 g/mol. The quantitative estimate of drug-likeness (QED) is 0.225. The van der Waals surface area contributed by atoms with Crippen molar-refractivity contribution in [3.05, 3.63) is 82.4 Å². The predicted octanol–water partition coefficient (Wildman–Crippen LogP) is 5.68.